The molecular formula is C29H27F4N5O3. The summed E-state index contributed by atoms with van der Waals surface area (Å²) < 4.78 is 61.3. The van der Waals surface area contributed by atoms with Crippen molar-refractivity contribution in [2.24, 2.45) is 0 Å². The van der Waals surface area contributed by atoms with Crippen LogP contribution in [-0.2, 0) is 0 Å². The fraction of sp³-hybridized carbons (Fsp3) is 0.310. The molecule has 1 amide bonds. The number of aryl methyl sites for hydroxylation is 1. The molecular weight excluding hydrogens is 542 g/mol. The largest absolute Gasteiger partial charge is 0.438 e. The molecule has 1 fully saturated rings. The predicted molar refractivity (Wildman–Crippen MR) is 146 cm³/mol. The van der Waals surface area contributed by atoms with E-state index < -0.39 is 47.5 Å². The highest BCUT2D eigenvalue weighted by atomic mass is 19.3. The average molecular weight is 570 g/mol. The first-order valence-electron chi connectivity index (χ1n) is 12.8. The minimum Gasteiger partial charge on any atom is -0.438 e. The van der Waals surface area contributed by atoms with Crippen molar-refractivity contribution in [1.29, 1.82) is 0 Å². The van der Waals surface area contributed by atoms with E-state index in [2.05, 4.69) is 20.3 Å². The van der Waals surface area contributed by atoms with Gasteiger partial charge in [-0.3, -0.25) is 14.6 Å². The summed E-state index contributed by atoms with van der Waals surface area (Å²) in [5, 5.41) is 2.86. The van der Waals surface area contributed by atoms with Crippen LogP contribution in [0.5, 0.6) is 11.6 Å². The maximum atomic E-state index is 14.3. The number of alkyl halides is 2. The number of carbonyl (C=O) groups excluding carboxylic acids is 1. The van der Waals surface area contributed by atoms with Crippen LogP contribution in [0.4, 0.5) is 23.4 Å². The van der Waals surface area contributed by atoms with Gasteiger partial charge in [-0.05, 0) is 64.4 Å². The number of aromatic amines is 1. The molecule has 1 aliphatic rings. The molecule has 4 aromatic rings. The van der Waals surface area contributed by atoms with Gasteiger partial charge >= 0.3 is 0 Å². The van der Waals surface area contributed by atoms with Crippen LogP contribution in [0.25, 0.3) is 22.2 Å². The van der Waals surface area contributed by atoms with Gasteiger partial charge in [0.2, 0.25) is 5.88 Å². The van der Waals surface area contributed by atoms with Gasteiger partial charge in [0.25, 0.3) is 11.8 Å². The molecule has 4 heterocycles. The number of nitrogens with one attached hydrogen (secondary N) is 2. The fourth-order valence-electron chi connectivity index (χ4n) is 4.61. The second-order valence-electron chi connectivity index (χ2n) is 11.1. The maximum Gasteiger partial charge on any atom is 0.282 e. The molecule has 0 unspecified atom stereocenters. The molecule has 8 nitrogen and oxygen atoms in total. The Morgan fingerprint density at radius 2 is 1.83 bits per heavy atom. The van der Waals surface area contributed by atoms with Crippen LogP contribution in [-0.4, -0.2) is 45.4 Å². The average Bonchev–Trinajstić information content (AvgIpc) is 2.86. The first-order valence-corrected chi connectivity index (χ1v) is 12.8. The number of carbonyl (C=O) groups is 1. The Bertz CT molecular complexity index is 1760. The number of halogens is 4. The van der Waals surface area contributed by atoms with Gasteiger partial charge in [-0.2, -0.15) is 4.98 Å². The molecule has 1 aromatic carbocycles. The van der Waals surface area contributed by atoms with E-state index in [1.165, 1.54) is 36.2 Å². The SMILES string of the molecule is Cc1cc(-c2cc(=O)c3c(C(=O)NC(C)(C)C)nccc3[nH]2)c(Oc2ccc(F)c(F)c2C)nc1N1CC(F)(F)C1. The van der Waals surface area contributed by atoms with E-state index in [-0.39, 0.29) is 45.3 Å². The summed E-state index contributed by atoms with van der Waals surface area (Å²) in [7, 11) is 0. The normalized spacial score (nSPS) is 14.6. The quantitative estimate of drug-likeness (QED) is 0.301. The third kappa shape index (κ3) is 5.46. The molecule has 214 valence electrons. The van der Waals surface area contributed by atoms with Crippen molar-refractivity contribution in [3.05, 3.63) is 75.2 Å². The Hall–Kier alpha value is -4.48. The molecule has 0 saturated carbocycles. The monoisotopic (exact) mass is 569 g/mol. The van der Waals surface area contributed by atoms with Crippen molar-refractivity contribution in [3.8, 4) is 22.9 Å². The van der Waals surface area contributed by atoms with Gasteiger partial charge in [-0.25, -0.2) is 17.6 Å². The molecule has 0 spiro atoms. The summed E-state index contributed by atoms with van der Waals surface area (Å²) in [6.45, 7) is 7.32. The number of anilines is 1. The zero-order valence-electron chi connectivity index (χ0n) is 23.0. The van der Waals surface area contributed by atoms with Gasteiger partial charge in [-0.15, -0.1) is 0 Å². The number of benzene rings is 1. The first-order chi connectivity index (χ1) is 19.1. The van der Waals surface area contributed by atoms with E-state index in [4.69, 9.17) is 4.74 Å². The number of aromatic nitrogens is 3. The molecule has 3 aromatic heterocycles. The molecule has 41 heavy (non-hydrogen) atoms. The highest BCUT2D eigenvalue weighted by molar-refractivity contribution is 6.04. The Kier molecular flexibility index (Phi) is 6.75. The summed E-state index contributed by atoms with van der Waals surface area (Å²) in [4.78, 5) is 39.3. The number of nitrogens with zero attached hydrogens (tertiary/aromatic N) is 3. The van der Waals surface area contributed by atoms with Crippen LogP contribution >= 0.6 is 0 Å². The van der Waals surface area contributed by atoms with E-state index in [9.17, 15) is 27.2 Å². The number of ether oxygens (including phenoxy) is 1. The smallest absolute Gasteiger partial charge is 0.282 e. The van der Waals surface area contributed by atoms with Gasteiger partial charge in [-0.1, -0.05) is 0 Å². The van der Waals surface area contributed by atoms with Crippen LogP contribution in [0.2, 0.25) is 0 Å². The standard InChI is InChI=1S/C29H27F4N5O3/c1-14-10-16(19-11-20(39)22-18(35-19)8-9-34-24(22)26(40)37-28(3,4)5)27(36-25(14)38-12-29(32,33)13-38)41-21-7-6-17(30)23(31)15(21)2/h6-11H,12-13H2,1-5H3,(H,35,39)(H,37,40). The van der Waals surface area contributed by atoms with Crippen LogP contribution in [0.1, 0.15) is 42.4 Å². The zero-order chi connectivity index (χ0) is 29.9. The molecule has 12 heteroatoms. The van der Waals surface area contributed by atoms with Gasteiger partial charge < -0.3 is 19.9 Å². The van der Waals surface area contributed by atoms with Crippen molar-refractivity contribution in [3.63, 3.8) is 0 Å². The molecule has 0 bridgehead atoms. The van der Waals surface area contributed by atoms with E-state index in [0.29, 0.717) is 11.1 Å². The van der Waals surface area contributed by atoms with Gasteiger partial charge in [0.05, 0.1) is 35.2 Å². The number of rotatable bonds is 5. The van der Waals surface area contributed by atoms with Crippen LogP contribution in [0.3, 0.4) is 0 Å². The minimum absolute atomic E-state index is 0.0464. The Labute approximate surface area is 232 Å². The molecule has 5 rings (SSSR count). The summed E-state index contributed by atoms with van der Waals surface area (Å²) in [6, 6.07) is 6.51. The summed E-state index contributed by atoms with van der Waals surface area (Å²) in [5.74, 6) is -5.49. The highest BCUT2D eigenvalue weighted by Crippen LogP contribution is 2.39. The topological polar surface area (TPSA) is 100 Å². The molecule has 0 radical (unpaired) electrons. The lowest BCUT2D eigenvalue weighted by Crippen LogP contribution is -2.56. The summed E-state index contributed by atoms with van der Waals surface area (Å²) in [5.41, 5.74) is 0.0709. The van der Waals surface area contributed by atoms with Crippen molar-refractivity contribution >= 4 is 22.6 Å². The number of pyridine rings is 3. The van der Waals surface area contributed by atoms with Gasteiger partial charge in [0, 0.05) is 23.4 Å². The third-order valence-electron chi connectivity index (χ3n) is 6.53. The Morgan fingerprint density at radius 1 is 1.12 bits per heavy atom. The lowest BCUT2D eigenvalue weighted by Gasteiger charge is -2.40. The lowest BCUT2D eigenvalue weighted by atomic mass is 10.0. The Morgan fingerprint density at radius 3 is 2.49 bits per heavy atom. The molecule has 0 aliphatic carbocycles. The summed E-state index contributed by atoms with van der Waals surface area (Å²) >= 11 is 0. The lowest BCUT2D eigenvalue weighted by molar-refractivity contribution is -0.0268. The van der Waals surface area contributed by atoms with Crippen molar-refractivity contribution < 1.29 is 27.1 Å². The number of hydrogen-bond donors (Lipinski definition) is 2. The second kappa shape index (κ2) is 9.86. The summed E-state index contributed by atoms with van der Waals surface area (Å²) in [6.07, 6.45) is 1.39. The molecule has 2 N–H and O–H groups in total. The fourth-order valence-corrected chi connectivity index (χ4v) is 4.61. The Balaban J connectivity index is 1.65. The maximum absolute atomic E-state index is 14.3. The van der Waals surface area contributed by atoms with E-state index in [0.717, 1.165) is 6.07 Å². The van der Waals surface area contributed by atoms with E-state index >= 15 is 0 Å². The minimum atomic E-state index is -2.86. The first kappa shape index (κ1) is 28.1. The van der Waals surface area contributed by atoms with E-state index in [1.807, 2.05) is 0 Å². The number of amides is 1. The van der Waals surface area contributed by atoms with Crippen molar-refractivity contribution in [1.82, 2.24) is 20.3 Å². The predicted octanol–water partition coefficient (Wildman–Crippen LogP) is 5.66. The number of hydrogen-bond acceptors (Lipinski definition) is 6. The van der Waals surface area contributed by atoms with Crippen LogP contribution in [0, 0.1) is 25.5 Å². The zero-order valence-corrected chi connectivity index (χ0v) is 23.0. The number of fused-ring (bicyclic) bond motifs is 1. The van der Waals surface area contributed by atoms with Crippen molar-refractivity contribution in [2.45, 2.75) is 46.1 Å². The molecule has 0 atom stereocenters. The number of H-pyrrole nitrogens is 1. The highest BCUT2D eigenvalue weighted by Gasteiger charge is 2.45. The van der Waals surface area contributed by atoms with Crippen molar-refractivity contribution in [2.75, 3.05) is 18.0 Å². The van der Waals surface area contributed by atoms with Gasteiger partial charge in [0.15, 0.2) is 17.1 Å². The molecule has 1 saturated heterocycles. The van der Waals surface area contributed by atoms with Gasteiger partial charge in [0.1, 0.15) is 17.3 Å². The van der Waals surface area contributed by atoms with Crippen LogP contribution < -0.4 is 20.4 Å². The van der Waals surface area contributed by atoms with Crippen LogP contribution in [0.15, 0.2) is 41.3 Å². The molecule has 1 aliphatic heterocycles. The third-order valence-corrected chi connectivity index (χ3v) is 6.53. The second-order valence-corrected chi connectivity index (χ2v) is 11.1. The van der Waals surface area contributed by atoms with E-state index in [1.54, 1.807) is 33.8 Å².